The highest BCUT2D eigenvalue weighted by atomic mass is 19.4. The quantitative estimate of drug-likeness (QED) is 0.518. The highest BCUT2D eigenvalue weighted by molar-refractivity contribution is 6.02. The summed E-state index contributed by atoms with van der Waals surface area (Å²) in [5.74, 6) is -0.577. The molecule has 32 heavy (non-hydrogen) atoms. The van der Waals surface area contributed by atoms with E-state index in [9.17, 15) is 22.8 Å². The summed E-state index contributed by atoms with van der Waals surface area (Å²) < 4.78 is 51.7. The Morgan fingerprint density at radius 1 is 1.06 bits per heavy atom. The molecule has 2 amide bonds. The summed E-state index contributed by atoms with van der Waals surface area (Å²) in [7, 11) is 0. The Hall–Kier alpha value is -4.02. The van der Waals surface area contributed by atoms with Crippen molar-refractivity contribution in [3.8, 4) is 11.6 Å². The van der Waals surface area contributed by atoms with Crippen molar-refractivity contribution >= 4 is 17.5 Å². The average molecular weight is 449 g/mol. The summed E-state index contributed by atoms with van der Waals surface area (Å²) in [4.78, 5) is 27.7. The van der Waals surface area contributed by atoms with Crippen molar-refractivity contribution < 1.29 is 36.7 Å². The molecule has 8 nitrogen and oxygen atoms in total. The van der Waals surface area contributed by atoms with Crippen LogP contribution in [0.3, 0.4) is 0 Å². The van der Waals surface area contributed by atoms with Crippen molar-refractivity contribution in [1.29, 1.82) is 0 Å². The van der Waals surface area contributed by atoms with Crippen molar-refractivity contribution in [3.63, 3.8) is 0 Å². The van der Waals surface area contributed by atoms with Crippen molar-refractivity contribution in [1.82, 2.24) is 10.3 Å². The van der Waals surface area contributed by atoms with E-state index in [4.69, 9.17) is 9.15 Å². The zero-order chi connectivity index (χ0) is 23.0. The number of pyridine rings is 1. The molecule has 11 heteroatoms. The maximum Gasteiger partial charge on any atom is 0.422 e. The minimum Gasteiger partial charge on any atom is -0.484 e. The van der Waals surface area contributed by atoms with Crippen LogP contribution in [0.5, 0.6) is 11.6 Å². The van der Waals surface area contributed by atoms with E-state index in [0.717, 1.165) is 0 Å². The van der Waals surface area contributed by atoms with E-state index in [2.05, 4.69) is 20.4 Å². The summed E-state index contributed by atoms with van der Waals surface area (Å²) in [6.45, 7) is -1.71. The Balaban J connectivity index is 1.45. The first-order valence-corrected chi connectivity index (χ1v) is 9.27. The second-order valence-corrected chi connectivity index (χ2v) is 6.43. The second-order valence-electron chi connectivity index (χ2n) is 6.43. The van der Waals surface area contributed by atoms with Gasteiger partial charge in [0.25, 0.3) is 11.8 Å². The number of carbonyl (C=O) groups excluding carboxylic acids is 2. The lowest BCUT2D eigenvalue weighted by Crippen LogP contribution is -2.28. The molecule has 0 spiro atoms. The van der Waals surface area contributed by atoms with Crippen molar-refractivity contribution in [2.24, 2.45) is 0 Å². The van der Waals surface area contributed by atoms with Crippen LogP contribution in [0, 0.1) is 0 Å². The van der Waals surface area contributed by atoms with E-state index in [-0.39, 0.29) is 24.8 Å². The van der Waals surface area contributed by atoms with Crippen LogP contribution < -0.4 is 20.1 Å². The van der Waals surface area contributed by atoms with Crippen LogP contribution in [0.2, 0.25) is 0 Å². The van der Waals surface area contributed by atoms with Gasteiger partial charge in [-0.2, -0.15) is 13.2 Å². The summed E-state index contributed by atoms with van der Waals surface area (Å²) in [5.41, 5.74) is 0.959. The van der Waals surface area contributed by atoms with Gasteiger partial charge in [0.15, 0.2) is 19.0 Å². The SMILES string of the molecule is O=C(COc1cccc(NC(=O)c2ccco2)c1)NCc1ccnc(OCC(F)(F)F)c1. The summed E-state index contributed by atoms with van der Waals surface area (Å²) in [5, 5.41) is 5.22. The summed E-state index contributed by atoms with van der Waals surface area (Å²) >= 11 is 0. The van der Waals surface area contributed by atoms with E-state index in [0.29, 0.717) is 17.0 Å². The number of hydrogen-bond acceptors (Lipinski definition) is 6. The third-order valence-corrected chi connectivity index (χ3v) is 3.88. The molecule has 0 aliphatic rings. The molecule has 0 saturated carbocycles. The van der Waals surface area contributed by atoms with Gasteiger partial charge in [-0.25, -0.2) is 4.98 Å². The van der Waals surface area contributed by atoms with Crippen molar-refractivity contribution in [2.75, 3.05) is 18.5 Å². The van der Waals surface area contributed by atoms with Gasteiger partial charge in [-0.1, -0.05) is 6.07 Å². The Kier molecular flexibility index (Phi) is 7.32. The first kappa shape index (κ1) is 22.7. The number of rotatable bonds is 9. The number of halogens is 3. The van der Waals surface area contributed by atoms with Crippen LogP contribution in [-0.2, 0) is 11.3 Å². The zero-order valence-corrected chi connectivity index (χ0v) is 16.5. The monoisotopic (exact) mass is 449 g/mol. The van der Waals surface area contributed by atoms with E-state index < -0.39 is 24.6 Å². The molecular weight excluding hydrogens is 431 g/mol. The van der Waals surface area contributed by atoms with Gasteiger partial charge in [-0.3, -0.25) is 9.59 Å². The highest BCUT2D eigenvalue weighted by Gasteiger charge is 2.28. The fourth-order valence-electron chi connectivity index (χ4n) is 2.46. The largest absolute Gasteiger partial charge is 0.484 e. The Morgan fingerprint density at radius 3 is 2.66 bits per heavy atom. The number of furan rings is 1. The van der Waals surface area contributed by atoms with Gasteiger partial charge in [0, 0.05) is 30.6 Å². The number of alkyl halides is 3. The first-order valence-electron chi connectivity index (χ1n) is 9.27. The predicted octanol–water partition coefficient (Wildman–Crippen LogP) is 3.56. The van der Waals surface area contributed by atoms with Crippen molar-refractivity contribution in [3.05, 3.63) is 72.3 Å². The number of hydrogen-bond donors (Lipinski definition) is 2. The number of nitrogens with zero attached hydrogens (tertiary/aromatic N) is 1. The molecule has 2 heterocycles. The van der Waals surface area contributed by atoms with Gasteiger partial charge in [0.1, 0.15) is 5.75 Å². The Bertz CT molecular complexity index is 1050. The molecule has 0 aliphatic carbocycles. The van der Waals surface area contributed by atoms with Crippen LogP contribution in [0.1, 0.15) is 16.1 Å². The van der Waals surface area contributed by atoms with Crippen LogP contribution >= 0.6 is 0 Å². The second kappa shape index (κ2) is 10.3. The normalized spacial score (nSPS) is 11.0. The van der Waals surface area contributed by atoms with Crippen LogP contribution in [0.15, 0.2) is 65.4 Å². The maximum absolute atomic E-state index is 12.2. The number of amides is 2. The standard InChI is InChI=1S/C21H18F3N3O5/c22-21(23,24)13-32-19-9-14(6-7-25-19)11-26-18(28)12-31-16-4-1-3-15(10-16)27-20(29)17-5-2-8-30-17/h1-10H,11-13H2,(H,26,28)(H,27,29). The van der Waals surface area contributed by atoms with Gasteiger partial charge >= 0.3 is 6.18 Å². The maximum atomic E-state index is 12.2. The molecule has 0 atom stereocenters. The lowest BCUT2D eigenvalue weighted by Gasteiger charge is -2.11. The van der Waals surface area contributed by atoms with Gasteiger partial charge in [0.2, 0.25) is 5.88 Å². The molecular formula is C21H18F3N3O5. The smallest absolute Gasteiger partial charge is 0.422 e. The minimum atomic E-state index is -4.47. The number of carbonyl (C=O) groups is 2. The molecule has 0 aliphatic heterocycles. The van der Waals surface area contributed by atoms with Crippen molar-refractivity contribution in [2.45, 2.75) is 12.7 Å². The van der Waals surface area contributed by atoms with E-state index in [1.165, 1.54) is 30.7 Å². The molecule has 168 valence electrons. The third kappa shape index (κ3) is 7.35. The van der Waals surface area contributed by atoms with Gasteiger partial charge < -0.3 is 24.5 Å². The predicted molar refractivity (Wildman–Crippen MR) is 106 cm³/mol. The number of anilines is 1. The van der Waals surface area contributed by atoms with Crippen LogP contribution in [-0.4, -0.2) is 36.2 Å². The van der Waals surface area contributed by atoms with Crippen LogP contribution in [0.25, 0.3) is 0 Å². The summed E-state index contributed by atoms with van der Waals surface area (Å²) in [6.07, 6.45) is -1.80. The molecule has 0 unspecified atom stereocenters. The lowest BCUT2D eigenvalue weighted by molar-refractivity contribution is -0.154. The number of benzene rings is 1. The number of nitrogens with one attached hydrogen (secondary N) is 2. The zero-order valence-electron chi connectivity index (χ0n) is 16.5. The van der Waals surface area contributed by atoms with E-state index >= 15 is 0 Å². The first-order chi connectivity index (χ1) is 15.3. The molecule has 2 N–H and O–H groups in total. The van der Waals surface area contributed by atoms with E-state index in [1.54, 1.807) is 30.3 Å². The Labute approximate surface area is 180 Å². The lowest BCUT2D eigenvalue weighted by atomic mass is 10.2. The minimum absolute atomic E-state index is 0.0480. The Morgan fingerprint density at radius 2 is 1.91 bits per heavy atom. The fourth-order valence-corrected chi connectivity index (χ4v) is 2.46. The molecule has 3 rings (SSSR count). The van der Waals surface area contributed by atoms with Gasteiger partial charge in [-0.05, 0) is 35.9 Å². The molecule has 0 saturated heterocycles. The highest BCUT2D eigenvalue weighted by Crippen LogP contribution is 2.19. The van der Waals surface area contributed by atoms with Crippen LogP contribution in [0.4, 0.5) is 18.9 Å². The summed E-state index contributed by atoms with van der Waals surface area (Å²) in [6, 6.07) is 12.4. The topological polar surface area (TPSA) is 103 Å². The van der Waals surface area contributed by atoms with Gasteiger partial charge in [0.05, 0.1) is 6.26 Å². The molecule has 2 aromatic heterocycles. The molecule has 0 radical (unpaired) electrons. The fraction of sp³-hybridized carbons (Fsp3) is 0.190. The van der Waals surface area contributed by atoms with Gasteiger partial charge in [-0.15, -0.1) is 0 Å². The number of ether oxygens (including phenoxy) is 2. The third-order valence-electron chi connectivity index (χ3n) is 3.88. The average Bonchev–Trinajstić information content (AvgIpc) is 3.30. The van der Waals surface area contributed by atoms with E-state index in [1.807, 2.05) is 0 Å². The molecule has 0 fully saturated rings. The molecule has 3 aromatic rings. The molecule has 0 bridgehead atoms. The number of aromatic nitrogens is 1. The molecule has 1 aromatic carbocycles.